The average Bonchev–Trinajstić information content (AvgIpc) is 3.08. The van der Waals surface area contributed by atoms with Crippen LogP contribution >= 0.6 is 0 Å². The molecule has 3 rings (SSSR count). The van der Waals surface area contributed by atoms with Gasteiger partial charge in [0.1, 0.15) is 0 Å². The van der Waals surface area contributed by atoms with Crippen LogP contribution in [0.15, 0.2) is 0 Å². The molecule has 0 radical (unpaired) electrons. The van der Waals surface area contributed by atoms with E-state index < -0.39 is 0 Å². The molecule has 2 fully saturated rings. The van der Waals surface area contributed by atoms with Crippen LogP contribution in [-0.2, 0) is 4.74 Å². The van der Waals surface area contributed by atoms with Gasteiger partial charge in [-0.25, -0.2) is 0 Å². The van der Waals surface area contributed by atoms with E-state index in [4.69, 9.17) is 10.5 Å². The van der Waals surface area contributed by atoms with E-state index in [1.165, 1.54) is 12.8 Å². The number of hydrogen-bond acceptors (Lipinski definition) is 7. The van der Waals surface area contributed by atoms with E-state index >= 15 is 0 Å². The summed E-state index contributed by atoms with van der Waals surface area (Å²) in [6.07, 6.45) is 3.55. The summed E-state index contributed by atoms with van der Waals surface area (Å²) in [7, 11) is 2.00. The molecular formula is C13H22N6O. The highest BCUT2D eigenvalue weighted by Gasteiger charge is 2.30. The fourth-order valence-corrected chi connectivity index (χ4v) is 2.96. The number of nitrogens with zero attached hydrogens (tertiary/aromatic N) is 5. The van der Waals surface area contributed by atoms with Crippen molar-refractivity contribution in [3.8, 4) is 0 Å². The second-order valence-electron chi connectivity index (χ2n) is 5.53. The summed E-state index contributed by atoms with van der Waals surface area (Å²) in [5.74, 6) is 1.63. The second kappa shape index (κ2) is 5.40. The quantitative estimate of drug-likeness (QED) is 0.870. The molecular weight excluding hydrogens is 256 g/mol. The highest BCUT2D eigenvalue weighted by atomic mass is 16.5. The minimum atomic E-state index is 0.188. The van der Waals surface area contributed by atoms with Gasteiger partial charge in [0.15, 0.2) is 0 Å². The van der Waals surface area contributed by atoms with Crippen LogP contribution in [0.25, 0.3) is 0 Å². The molecule has 2 aliphatic rings. The van der Waals surface area contributed by atoms with Gasteiger partial charge in [-0.15, -0.1) is 0 Å². The van der Waals surface area contributed by atoms with Gasteiger partial charge in [-0.05, 0) is 26.2 Å². The van der Waals surface area contributed by atoms with E-state index in [2.05, 4.69) is 31.7 Å². The highest BCUT2D eigenvalue weighted by Crippen LogP contribution is 2.24. The van der Waals surface area contributed by atoms with Gasteiger partial charge in [-0.3, -0.25) is 0 Å². The van der Waals surface area contributed by atoms with Crippen molar-refractivity contribution in [1.29, 1.82) is 0 Å². The van der Waals surface area contributed by atoms with Crippen molar-refractivity contribution in [3.05, 3.63) is 0 Å². The van der Waals surface area contributed by atoms with E-state index in [1.54, 1.807) is 0 Å². The molecule has 2 N–H and O–H groups in total. The molecule has 1 aromatic rings. The first-order chi connectivity index (χ1) is 9.65. The van der Waals surface area contributed by atoms with Crippen molar-refractivity contribution in [3.63, 3.8) is 0 Å². The molecule has 7 nitrogen and oxygen atoms in total. The van der Waals surface area contributed by atoms with Crippen LogP contribution in [0.2, 0.25) is 0 Å². The number of aromatic nitrogens is 3. The van der Waals surface area contributed by atoms with Gasteiger partial charge in [-0.1, -0.05) is 0 Å². The first-order valence-electron chi connectivity index (χ1n) is 7.26. The van der Waals surface area contributed by atoms with Crippen molar-refractivity contribution >= 4 is 17.8 Å². The van der Waals surface area contributed by atoms with Crippen LogP contribution in [-0.4, -0.2) is 53.8 Å². The summed E-state index contributed by atoms with van der Waals surface area (Å²) in [5, 5.41) is 0. The maximum atomic E-state index is 5.85. The van der Waals surface area contributed by atoms with Gasteiger partial charge in [0.2, 0.25) is 17.8 Å². The molecule has 0 bridgehead atoms. The van der Waals surface area contributed by atoms with Crippen molar-refractivity contribution in [2.45, 2.75) is 38.3 Å². The Morgan fingerprint density at radius 1 is 1.25 bits per heavy atom. The lowest BCUT2D eigenvalue weighted by Crippen LogP contribution is -2.38. The van der Waals surface area contributed by atoms with Crippen molar-refractivity contribution in [1.82, 2.24) is 15.0 Å². The van der Waals surface area contributed by atoms with Crippen molar-refractivity contribution in [2.24, 2.45) is 0 Å². The van der Waals surface area contributed by atoms with Crippen LogP contribution in [0.5, 0.6) is 0 Å². The number of hydrogen-bond donors (Lipinski definition) is 1. The van der Waals surface area contributed by atoms with Gasteiger partial charge in [-0.2, -0.15) is 15.0 Å². The maximum Gasteiger partial charge on any atom is 0.232 e. The monoisotopic (exact) mass is 278 g/mol. The standard InChI is InChI=1S/C13H22N6O/c1-9-10(5-8-20-9)18(2)12-15-11(14)16-13(17-12)19-6-3-4-7-19/h9-10H,3-8H2,1-2H3,(H2,14,15,16,17). The molecule has 2 unspecified atom stereocenters. The summed E-state index contributed by atoms with van der Waals surface area (Å²) in [4.78, 5) is 17.4. The molecule has 1 aromatic heterocycles. The fourth-order valence-electron chi connectivity index (χ4n) is 2.96. The minimum absolute atomic E-state index is 0.188. The molecule has 2 saturated heterocycles. The van der Waals surface area contributed by atoms with E-state index in [0.717, 1.165) is 26.1 Å². The number of ether oxygens (including phenoxy) is 1. The lowest BCUT2D eigenvalue weighted by molar-refractivity contribution is 0.118. The molecule has 3 heterocycles. The molecule has 0 aromatic carbocycles. The van der Waals surface area contributed by atoms with Crippen LogP contribution in [0.1, 0.15) is 26.2 Å². The SMILES string of the molecule is CC1OCCC1N(C)c1nc(N)nc(N2CCCC2)n1. The molecule has 0 saturated carbocycles. The predicted octanol–water partition coefficient (Wildman–Crippen LogP) is 0.668. The Kier molecular flexibility index (Phi) is 3.60. The molecule has 0 aliphatic carbocycles. The van der Waals surface area contributed by atoms with Crippen LogP contribution < -0.4 is 15.5 Å². The summed E-state index contributed by atoms with van der Waals surface area (Å²) in [6, 6.07) is 0.295. The number of nitrogens with two attached hydrogens (primary N) is 1. The molecule has 2 aliphatic heterocycles. The zero-order valence-electron chi connectivity index (χ0n) is 12.1. The topological polar surface area (TPSA) is 80.4 Å². The van der Waals surface area contributed by atoms with Gasteiger partial charge in [0.05, 0.1) is 12.1 Å². The van der Waals surface area contributed by atoms with Crippen molar-refractivity contribution < 1.29 is 4.74 Å². The third kappa shape index (κ3) is 2.49. The number of rotatable bonds is 3. The zero-order chi connectivity index (χ0) is 14.1. The Bertz CT molecular complexity index is 476. The Hall–Kier alpha value is -1.63. The minimum Gasteiger partial charge on any atom is -0.376 e. The number of likely N-dealkylation sites (N-methyl/N-ethyl adjacent to an activating group) is 1. The largest absolute Gasteiger partial charge is 0.376 e. The molecule has 2 atom stereocenters. The first kappa shape index (κ1) is 13.4. The zero-order valence-corrected chi connectivity index (χ0v) is 12.1. The van der Waals surface area contributed by atoms with Crippen molar-refractivity contribution in [2.75, 3.05) is 42.3 Å². The van der Waals surface area contributed by atoms with Gasteiger partial charge >= 0.3 is 0 Å². The van der Waals surface area contributed by atoms with Crippen LogP contribution in [0.3, 0.4) is 0 Å². The Balaban J connectivity index is 1.84. The Labute approximate surface area is 119 Å². The van der Waals surface area contributed by atoms with E-state index in [-0.39, 0.29) is 12.1 Å². The van der Waals surface area contributed by atoms with E-state index in [9.17, 15) is 0 Å². The average molecular weight is 278 g/mol. The fraction of sp³-hybridized carbons (Fsp3) is 0.769. The molecule has 20 heavy (non-hydrogen) atoms. The summed E-state index contributed by atoms with van der Waals surface area (Å²) in [6.45, 7) is 4.86. The highest BCUT2D eigenvalue weighted by molar-refractivity contribution is 5.44. The van der Waals surface area contributed by atoms with Crippen LogP contribution in [0, 0.1) is 0 Å². The first-order valence-corrected chi connectivity index (χ1v) is 7.26. The third-order valence-corrected chi connectivity index (χ3v) is 4.17. The lowest BCUT2D eigenvalue weighted by atomic mass is 10.1. The van der Waals surface area contributed by atoms with E-state index in [1.807, 2.05) is 7.05 Å². The maximum absolute atomic E-state index is 5.85. The van der Waals surface area contributed by atoms with Gasteiger partial charge in [0.25, 0.3) is 0 Å². The number of anilines is 3. The Morgan fingerprint density at radius 2 is 2.00 bits per heavy atom. The predicted molar refractivity (Wildman–Crippen MR) is 77.9 cm³/mol. The summed E-state index contributed by atoms with van der Waals surface area (Å²) in [5.41, 5.74) is 5.85. The number of nitrogen functional groups attached to an aromatic ring is 1. The Morgan fingerprint density at radius 3 is 2.65 bits per heavy atom. The summed E-state index contributed by atoms with van der Waals surface area (Å²) < 4.78 is 5.61. The molecule has 110 valence electrons. The molecule has 7 heteroatoms. The normalized spacial score (nSPS) is 26.2. The second-order valence-corrected chi connectivity index (χ2v) is 5.53. The van der Waals surface area contributed by atoms with Crippen LogP contribution in [0.4, 0.5) is 17.8 Å². The summed E-state index contributed by atoms with van der Waals surface area (Å²) >= 11 is 0. The van der Waals surface area contributed by atoms with E-state index in [0.29, 0.717) is 17.9 Å². The third-order valence-electron chi connectivity index (χ3n) is 4.17. The van der Waals surface area contributed by atoms with Gasteiger partial charge in [0, 0.05) is 26.7 Å². The molecule has 0 amide bonds. The molecule has 0 spiro atoms. The lowest BCUT2D eigenvalue weighted by Gasteiger charge is -2.27. The van der Waals surface area contributed by atoms with Gasteiger partial charge < -0.3 is 20.3 Å². The smallest absolute Gasteiger partial charge is 0.232 e.